The monoisotopic (exact) mass is 271 g/mol. The summed E-state index contributed by atoms with van der Waals surface area (Å²) in [4.78, 5) is 0. The van der Waals surface area contributed by atoms with Crippen molar-refractivity contribution in [3.05, 3.63) is 29.3 Å². The molecule has 4 N–H and O–H groups in total. The average Bonchev–Trinajstić information content (AvgIpc) is 2.14. The number of aliphatic hydroxyl groups is 1. The number of halogens is 4. The molecule has 3 nitrogen and oxygen atoms in total. The second-order valence-corrected chi connectivity index (χ2v) is 3.57. The predicted molar refractivity (Wildman–Crippen MR) is 59.1 cm³/mol. The highest BCUT2D eigenvalue weighted by atomic mass is 35.5. The van der Waals surface area contributed by atoms with Crippen molar-refractivity contribution in [1.82, 2.24) is 0 Å². The van der Waals surface area contributed by atoms with Crippen molar-refractivity contribution in [3.63, 3.8) is 0 Å². The first-order chi connectivity index (χ1) is 7.23. The summed E-state index contributed by atoms with van der Waals surface area (Å²) in [6.45, 7) is 1.68. The van der Waals surface area contributed by atoms with Crippen LogP contribution in [0.3, 0.4) is 0 Å². The molecule has 7 heteroatoms. The van der Waals surface area contributed by atoms with Crippen molar-refractivity contribution in [3.8, 4) is 5.75 Å². The van der Waals surface area contributed by atoms with Gasteiger partial charge < -0.3 is 15.9 Å². The van der Waals surface area contributed by atoms with Crippen LogP contribution >= 0.6 is 12.4 Å². The molecular formula is C10H13ClF3NO2. The molecule has 2 atom stereocenters. The zero-order valence-corrected chi connectivity index (χ0v) is 9.72. The Hall–Kier alpha value is -0.980. The van der Waals surface area contributed by atoms with Gasteiger partial charge >= 0.3 is 6.18 Å². The number of benzene rings is 1. The summed E-state index contributed by atoms with van der Waals surface area (Å²) >= 11 is 0. The molecule has 0 aromatic heterocycles. The molecule has 0 aliphatic heterocycles. The van der Waals surface area contributed by atoms with Crippen molar-refractivity contribution in [2.75, 3.05) is 0 Å². The van der Waals surface area contributed by atoms with Gasteiger partial charge in [-0.3, -0.25) is 0 Å². The van der Waals surface area contributed by atoms with Crippen LogP contribution in [0.1, 0.15) is 17.2 Å². The molecule has 17 heavy (non-hydrogen) atoms. The Morgan fingerprint density at radius 3 is 2.24 bits per heavy atom. The van der Waals surface area contributed by atoms with Crippen molar-refractivity contribution in [1.29, 1.82) is 0 Å². The third kappa shape index (κ3) is 3.76. The molecule has 0 aliphatic rings. The van der Waals surface area contributed by atoms with E-state index in [1.807, 2.05) is 0 Å². The van der Waals surface area contributed by atoms with Gasteiger partial charge in [-0.25, -0.2) is 0 Å². The van der Waals surface area contributed by atoms with Gasteiger partial charge in [-0.05, 0) is 18.6 Å². The highest BCUT2D eigenvalue weighted by Gasteiger charge is 2.43. The van der Waals surface area contributed by atoms with Gasteiger partial charge in [0.2, 0.25) is 0 Å². The van der Waals surface area contributed by atoms with Crippen LogP contribution in [0.5, 0.6) is 5.75 Å². The van der Waals surface area contributed by atoms with E-state index in [0.29, 0.717) is 5.56 Å². The van der Waals surface area contributed by atoms with E-state index in [9.17, 15) is 18.3 Å². The molecule has 0 bridgehead atoms. The second kappa shape index (κ2) is 5.57. The number of hydrogen-bond acceptors (Lipinski definition) is 3. The summed E-state index contributed by atoms with van der Waals surface area (Å²) in [5.74, 6) is -0.351. The van der Waals surface area contributed by atoms with Gasteiger partial charge in [0.05, 0.1) is 6.04 Å². The van der Waals surface area contributed by atoms with E-state index in [0.717, 1.165) is 0 Å². The van der Waals surface area contributed by atoms with Crippen LogP contribution in [-0.4, -0.2) is 22.5 Å². The molecule has 0 heterocycles. The lowest BCUT2D eigenvalue weighted by Crippen LogP contribution is -2.38. The number of aliphatic hydroxyl groups excluding tert-OH is 1. The molecule has 0 spiro atoms. The maximum absolute atomic E-state index is 12.2. The van der Waals surface area contributed by atoms with E-state index < -0.39 is 18.3 Å². The number of rotatable bonds is 2. The first kappa shape index (κ1) is 16.0. The Morgan fingerprint density at radius 2 is 1.82 bits per heavy atom. The van der Waals surface area contributed by atoms with E-state index in [1.165, 1.54) is 18.2 Å². The Bertz CT molecular complexity index is 384. The van der Waals surface area contributed by atoms with Crippen LogP contribution in [0.4, 0.5) is 13.2 Å². The topological polar surface area (TPSA) is 66.5 Å². The number of phenols is 1. The molecule has 0 saturated carbocycles. The fourth-order valence-electron chi connectivity index (χ4n) is 1.31. The van der Waals surface area contributed by atoms with E-state index >= 15 is 0 Å². The quantitative estimate of drug-likeness (QED) is 0.771. The first-order valence-corrected chi connectivity index (χ1v) is 4.53. The lowest BCUT2D eigenvalue weighted by molar-refractivity contribution is -0.210. The molecule has 98 valence electrons. The van der Waals surface area contributed by atoms with Crippen LogP contribution in [0, 0.1) is 6.92 Å². The molecule has 0 fully saturated rings. The van der Waals surface area contributed by atoms with Gasteiger partial charge in [0, 0.05) is 5.56 Å². The van der Waals surface area contributed by atoms with Crippen LogP contribution in [0.25, 0.3) is 0 Å². The maximum atomic E-state index is 12.2. The Kier molecular flexibility index (Phi) is 5.25. The summed E-state index contributed by atoms with van der Waals surface area (Å²) < 4.78 is 36.6. The Balaban J connectivity index is 0.00000256. The van der Waals surface area contributed by atoms with Gasteiger partial charge in [-0.15, -0.1) is 12.4 Å². The molecule has 0 aliphatic carbocycles. The molecule has 0 unspecified atom stereocenters. The minimum absolute atomic E-state index is 0. The van der Waals surface area contributed by atoms with Gasteiger partial charge in [0.1, 0.15) is 5.75 Å². The highest BCUT2D eigenvalue weighted by molar-refractivity contribution is 5.85. The maximum Gasteiger partial charge on any atom is 0.416 e. The molecule has 1 aromatic rings. The summed E-state index contributed by atoms with van der Waals surface area (Å²) in [5.41, 5.74) is 5.81. The SMILES string of the molecule is Cc1ccc([C@H](N)[C@H](O)C(F)(F)F)c(O)c1.Cl. The van der Waals surface area contributed by atoms with E-state index in [-0.39, 0.29) is 23.7 Å². The van der Waals surface area contributed by atoms with Crippen molar-refractivity contribution < 1.29 is 23.4 Å². The summed E-state index contributed by atoms with van der Waals surface area (Å²) in [6.07, 6.45) is -7.50. The largest absolute Gasteiger partial charge is 0.508 e. The van der Waals surface area contributed by atoms with E-state index in [4.69, 9.17) is 10.8 Å². The highest BCUT2D eigenvalue weighted by Crippen LogP contribution is 2.32. The third-order valence-electron chi connectivity index (χ3n) is 2.22. The smallest absolute Gasteiger partial charge is 0.416 e. The third-order valence-corrected chi connectivity index (χ3v) is 2.22. The molecule has 0 radical (unpaired) electrons. The first-order valence-electron chi connectivity index (χ1n) is 4.53. The number of alkyl halides is 3. The molecule has 1 rings (SSSR count). The average molecular weight is 272 g/mol. The number of nitrogens with two attached hydrogens (primary N) is 1. The molecule has 0 amide bonds. The summed E-state index contributed by atoms with van der Waals surface area (Å²) in [7, 11) is 0. The van der Waals surface area contributed by atoms with Gasteiger partial charge in [0.25, 0.3) is 0 Å². The Morgan fingerprint density at radius 1 is 1.29 bits per heavy atom. The molecule has 1 aromatic carbocycles. The van der Waals surface area contributed by atoms with Gasteiger partial charge in [-0.1, -0.05) is 12.1 Å². The number of hydrogen-bond donors (Lipinski definition) is 3. The number of phenolic OH excluding ortho intramolecular Hbond substituents is 1. The van der Waals surface area contributed by atoms with Crippen LogP contribution < -0.4 is 5.73 Å². The fourth-order valence-corrected chi connectivity index (χ4v) is 1.31. The fraction of sp³-hybridized carbons (Fsp3) is 0.400. The minimum atomic E-state index is -4.81. The van der Waals surface area contributed by atoms with E-state index in [1.54, 1.807) is 6.92 Å². The lowest BCUT2D eigenvalue weighted by Gasteiger charge is -2.22. The van der Waals surface area contributed by atoms with Gasteiger partial charge in [-0.2, -0.15) is 13.2 Å². The van der Waals surface area contributed by atoms with Crippen LogP contribution in [-0.2, 0) is 0 Å². The van der Waals surface area contributed by atoms with Crippen LogP contribution in [0.15, 0.2) is 18.2 Å². The number of aromatic hydroxyl groups is 1. The van der Waals surface area contributed by atoms with Crippen LogP contribution in [0.2, 0.25) is 0 Å². The zero-order valence-electron chi connectivity index (χ0n) is 8.90. The standard InChI is InChI=1S/C10H12F3NO2.ClH/c1-5-2-3-6(7(15)4-5)8(14)9(16)10(11,12)13;/h2-4,8-9,15-16H,14H2,1H3;1H/t8-,9-;/m0./s1. The van der Waals surface area contributed by atoms with Crippen molar-refractivity contribution >= 4 is 12.4 Å². The Labute approximate surface area is 102 Å². The van der Waals surface area contributed by atoms with E-state index in [2.05, 4.69) is 0 Å². The molecular weight excluding hydrogens is 259 g/mol. The molecule has 0 saturated heterocycles. The normalized spacial score (nSPS) is 14.9. The van der Waals surface area contributed by atoms with Crippen molar-refractivity contribution in [2.45, 2.75) is 25.2 Å². The summed E-state index contributed by atoms with van der Waals surface area (Å²) in [6, 6.07) is 2.38. The predicted octanol–water partition coefficient (Wildman–Crippen LogP) is 2.05. The zero-order chi connectivity index (χ0) is 12.5. The van der Waals surface area contributed by atoms with Crippen molar-refractivity contribution in [2.24, 2.45) is 5.73 Å². The summed E-state index contributed by atoms with van der Waals surface area (Å²) in [5, 5.41) is 18.4. The number of aryl methyl sites for hydroxylation is 1. The van der Waals surface area contributed by atoms with Gasteiger partial charge in [0.15, 0.2) is 6.10 Å². The lowest BCUT2D eigenvalue weighted by atomic mass is 9.99. The minimum Gasteiger partial charge on any atom is -0.508 e. The second-order valence-electron chi connectivity index (χ2n) is 3.57.